The van der Waals surface area contributed by atoms with Crippen LogP contribution in [0.5, 0.6) is 0 Å². The van der Waals surface area contributed by atoms with Crippen LogP contribution < -0.4 is 10.6 Å². The van der Waals surface area contributed by atoms with Crippen LogP contribution in [0, 0.1) is 0 Å². The second-order valence-corrected chi connectivity index (χ2v) is 8.81. The number of rotatable bonds is 8. The lowest BCUT2D eigenvalue weighted by molar-refractivity contribution is 0.0384. The van der Waals surface area contributed by atoms with Crippen molar-refractivity contribution < 1.29 is 7.59 Å². The molecule has 1 aromatic carbocycles. The molecule has 0 spiro atoms. The molecule has 2 N–H and O–H groups in total. The topological polar surface area (TPSA) is 80.1 Å². The molecule has 0 bridgehead atoms. The summed E-state index contributed by atoms with van der Waals surface area (Å²) in [7, 11) is 0. The highest BCUT2D eigenvalue weighted by atomic mass is 16.5. The molecule has 2 fully saturated rings. The van der Waals surface area contributed by atoms with E-state index in [2.05, 4.69) is 54.6 Å². The van der Waals surface area contributed by atoms with Crippen molar-refractivity contribution in [1.29, 1.82) is 0 Å². The average molecular weight is 440 g/mol. The van der Waals surface area contributed by atoms with Gasteiger partial charge in [-0.05, 0) is 30.5 Å². The van der Waals surface area contributed by atoms with Gasteiger partial charge in [-0.3, -0.25) is 4.90 Å². The van der Waals surface area contributed by atoms with Crippen molar-refractivity contribution in [3.63, 3.8) is 0 Å². The molecule has 8 heteroatoms. The molecule has 2 aromatic heterocycles. The van der Waals surface area contributed by atoms with Gasteiger partial charge in [0.25, 0.3) is 0 Å². The Morgan fingerprint density at radius 1 is 1.03 bits per heavy atom. The van der Waals surface area contributed by atoms with E-state index >= 15 is 0 Å². The first-order chi connectivity index (χ1) is 15.8. The Labute approximate surface area is 192 Å². The third-order valence-electron chi connectivity index (χ3n) is 6.50. The second-order valence-electron chi connectivity index (χ2n) is 8.81. The van der Waals surface area contributed by atoms with E-state index in [9.17, 15) is 0 Å². The van der Waals surface area contributed by atoms with E-state index < -0.39 is 0 Å². The molecule has 0 amide bonds. The third kappa shape index (κ3) is 5.26. The van der Waals surface area contributed by atoms with Crippen LogP contribution in [0.15, 0.2) is 36.7 Å². The number of morpholine rings is 1. The molecule has 8 nitrogen and oxygen atoms in total. The zero-order valence-corrected chi connectivity index (χ0v) is 18.7. The minimum absolute atomic E-state index is 0. The predicted molar refractivity (Wildman–Crippen MR) is 130 cm³/mol. The SMILES string of the molecule is [HH].[HH].c1cc(Nc2ncc3cnn(C4CCCCC4)c3n2)ccc1CNCCN1CCOCC1. The number of benzene rings is 1. The molecule has 0 atom stereocenters. The molecule has 0 radical (unpaired) electrons. The van der Waals surface area contributed by atoms with Crippen molar-refractivity contribution in [3.8, 4) is 0 Å². The summed E-state index contributed by atoms with van der Waals surface area (Å²) in [5.41, 5.74) is 3.19. The summed E-state index contributed by atoms with van der Waals surface area (Å²) >= 11 is 0. The number of hydrogen-bond acceptors (Lipinski definition) is 7. The summed E-state index contributed by atoms with van der Waals surface area (Å²) in [5, 5.41) is 12.5. The number of nitrogens with one attached hydrogen (secondary N) is 2. The molecule has 5 rings (SSSR count). The minimum Gasteiger partial charge on any atom is -0.379 e. The van der Waals surface area contributed by atoms with E-state index in [-0.39, 0.29) is 2.85 Å². The molecule has 1 saturated heterocycles. The second kappa shape index (κ2) is 10.4. The van der Waals surface area contributed by atoms with Gasteiger partial charge in [0.15, 0.2) is 5.65 Å². The fraction of sp³-hybridized carbons (Fsp3) is 0.542. The largest absolute Gasteiger partial charge is 0.379 e. The quantitative estimate of drug-likeness (QED) is 0.514. The van der Waals surface area contributed by atoms with E-state index in [0.29, 0.717) is 12.0 Å². The van der Waals surface area contributed by atoms with E-state index in [0.717, 1.165) is 62.7 Å². The maximum absolute atomic E-state index is 5.40. The van der Waals surface area contributed by atoms with Crippen molar-refractivity contribution in [2.24, 2.45) is 0 Å². The van der Waals surface area contributed by atoms with Gasteiger partial charge < -0.3 is 15.4 Å². The summed E-state index contributed by atoms with van der Waals surface area (Å²) in [6.07, 6.45) is 10.00. The molecule has 3 aromatic rings. The van der Waals surface area contributed by atoms with Crippen molar-refractivity contribution >= 4 is 22.7 Å². The first-order valence-electron chi connectivity index (χ1n) is 11.9. The molecule has 2 aliphatic rings. The normalized spacial score (nSPS) is 18.2. The highest BCUT2D eigenvalue weighted by Crippen LogP contribution is 2.30. The Balaban J connectivity index is 0.00000162. The van der Waals surface area contributed by atoms with Gasteiger partial charge in [-0.15, -0.1) is 0 Å². The van der Waals surface area contributed by atoms with Gasteiger partial charge in [0.1, 0.15) is 0 Å². The van der Waals surface area contributed by atoms with Crippen LogP contribution in [-0.4, -0.2) is 64.0 Å². The van der Waals surface area contributed by atoms with Crippen LogP contribution in [0.1, 0.15) is 46.6 Å². The van der Waals surface area contributed by atoms with Crippen LogP contribution in [0.3, 0.4) is 0 Å². The third-order valence-corrected chi connectivity index (χ3v) is 6.50. The summed E-state index contributed by atoms with van der Waals surface area (Å²) < 4.78 is 7.50. The number of hydrogen-bond donors (Lipinski definition) is 2. The van der Waals surface area contributed by atoms with E-state index in [1.165, 1.54) is 37.7 Å². The molecule has 3 heterocycles. The maximum atomic E-state index is 5.40. The lowest BCUT2D eigenvalue weighted by Crippen LogP contribution is -2.40. The highest BCUT2D eigenvalue weighted by molar-refractivity contribution is 5.75. The Morgan fingerprint density at radius 2 is 1.84 bits per heavy atom. The zero-order chi connectivity index (χ0) is 21.6. The van der Waals surface area contributed by atoms with Gasteiger partial charge in [0.2, 0.25) is 5.95 Å². The zero-order valence-electron chi connectivity index (χ0n) is 18.7. The van der Waals surface area contributed by atoms with Crippen LogP contribution in [0.4, 0.5) is 11.6 Å². The number of anilines is 2. The maximum Gasteiger partial charge on any atom is 0.229 e. The molecular weight excluding hydrogens is 402 g/mol. The number of aromatic nitrogens is 4. The monoisotopic (exact) mass is 439 g/mol. The van der Waals surface area contributed by atoms with Crippen molar-refractivity contribution in [1.82, 2.24) is 30.0 Å². The fourth-order valence-electron chi connectivity index (χ4n) is 4.62. The van der Waals surface area contributed by atoms with Crippen molar-refractivity contribution in [2.75, 3.05) is 44.7 Å². The van der Waals surface area contributed by atoms with Crippen LogP contribution in [-0.2, 0) is 11.3 Å². The van der Waals surface area contributed by atoms with Gasteiger partial charge >= 0.3 is 0 Å². The number of nitrogens with zero attached hydrogens (tertiary/aromatic N) is 5. The Bertz CT molecular complexity index is 1000. The Kier molecular flexibility index (Phi) is 6.91. The van der Waals surface area contributed by atoms with Crippen molar-refractivity contribution in [2.45, 2.75) is 44.7 Å². The summed E-state index contributed by atoms with van der Waals surface area (Å²) in [6.45, 7) is 6.72. The first-order valence-corrected chi connectivity index (χ1v) is 11.9. The lowest BCUT2D eigenvalue weighted by atomic mass is 9.96. The van der Waals surface area contributed by atoms with Gasteiger partial charge in [-0.1, -0.05) is 31.4 Å². The summed E-state index contributed by atoms with van der Waals surface area (Å²) in [5.74, 6) is 0.617. The van der Waals surface area contributed by atoms with Gasteiger partial charge in [-0.25, -0.2) is 9.67 Å². The number of fused-ring (bicyclic) bond motifs is 1. The van der Waals surface area contributed by atoms with E-state index in [1.54, 1.807) is 0 Å². The molecule has 1 saturated carbocycles. The predicted octanol–water partition coefficient (Wildman–Crippen LogP) is 3.99. The minimum atomic E-state index is 0. The first kappa shape index (κ1) is 21.3. The van der Waals surface area contributed by atoms with Gasteiger partial charge in [0.05, 0.1) is 30.8 Å². The summed E-state index contributed by atoms with van der Waals surface area (Å²) in [4.78, 5) is 11.7. The van der Waals surface area contributed by atoms with Gasteiger partial charge in [0, 0.05) is 47.5 Å². The van der Waals surface area contributed by atoms with E-state index in [4.69, 9.17) is 9.72 Å². The summed E-state index contributed by atoms with van der Waals surface area (Å²) in [6, 6.07) is 8.93. The number of ether oxygens (including phenoxy) is 1. The molecule has 0 unspecified atom stereocenters. The Morgan fingerprint density at radius 3 is 2.66 bits per heavy atom. The molecule has 1 aliphatic carbocycles. The molecule has 32 heavy (non-hydrogen) atoms. The smallest absolute Gasteiger partial charge is 0.229 e. The van der Waals surface area contributed by atoms with Crippen LogP contribution >= 0.6 is 0 Å². The molecular formula is C24H37N7O. The molecule has 174 valence electrons. The van der Waals surface area contributed by atoms with Crippen molar-refractivity contribution in [3.05, 3.63) is 42.2 Å². The van der Waals surface area contributed by atoms with Gasteiger partial charge in [-0.2, -0.15) is 10.1 Å². The average Bonchev–Trinajstić information content (AvgIpc) is 3.27. The lowest BCUT2D eigenvalue weighted by Gasteiger charge is -2.26. The molecule has 1 aliphatic heterocycles. The van der Waals surface area contributed by atoms with Crippen LogP contribution in [0.25, 0.3) is 11.0 Å². The highest BCUT2D eigenvalue weighted by Gasteiger charge is 2.19. The van der Waals surface area contributed by atoms with E-state index in [1.807, 2.05) is 12.4 Å². The van der Waals surface area contributed by atoms with Crippen LogP contribution in [0.2, 0.25) is 0 Å². The standard InChI is InChI=1S/C24H33N7O.2H2/c1-2-4-22(5-3-1)31-23-20(18-27-31)17-26-24(29-23)28-21-8-6-19(7-9-21)16-25-10-11-30-12-14-32-15-13-30;;/h6-9,17-18,22,25H,1-5,10-16H2,(H,26,28,29);2*1H. The fourth-order valence-corrected chi connectivity index (χ4v) is 4.62. The Hall–Kier alpha value is -2.55.